The van der Waals surface area contributed by atoms with Gasteiger partial charge in [-0.05, 0) is 0 Å². The van der Waals surface area contributed by atoms with Crippen LogP contribution in [0.15, 0.2) is 60.7 Å². The third kappa shape index (κ3) is 4.65. The molecule has 0 heterocycles. The molecule has 2 aromatic rings. The molecule has 1 nitrogen and oxygen atoms in total. The Kier molecular flexibility index (Phi) is 7.06. The minimum atomic E-state index is -3.22. The quantitative estimate of drug-likeness (QED) is 0.475. The summed E-state index contributed by atoms with van der Waals surface area (Å²) >= 11 is -3.22. The second kappa shape index (κ2) is 9.05. The van der Waals surface area contributed by atoms with E-state index in [9.17, 15) is 3.74 Å². The Morgan fingerprint density at radius 1 is 0.682 bits per heavy atom. The van der Waals surface area contributed by atoms with E-state index in [1.54, 1.807) is 0 Å². The first-order chi connectivity index (χ1) is 10.8. The van der Waals surface area contributed by atoms with Crippen LogP contribution in [-0.4, -0.2) is 13.5 Å². The molecule has 0 aromatic heterocycles. The van der Waals surface area contributed by atoms with Crippen molar-refractivity contribution in [3.05, 3.63) is 60.7 Å². The van der Waals surface area contributed by atoms with Crippen molar-refractivity contribution in [3.8, 4) is 0 Å². The molecule has 2 aromatic carbocycles. The van der Waals surface area contributed by atoms with E-state index in [0.29, 0.717) is 0 Å². The molecule has 2 rings (SSSR count). The number of hydrogen-bond donors (Lipinski definition) is 0. The second-order valence-electron chi connectivity index (χ2n) is 5.90. The molecular formula is C20H27AsO. The van der Waals surface area contributed by atoms with Gasteiger partial charge in [0.2, 0.25) is 0 Å². The summed E-state index contributed by atoms with van der Waals surface area (Å²) in [6.07, 6.45) is 7.45. The van der Waals surface area contributed by atoms with Crippen molar-refractivity contribution in [1.82, 2.24) is 0 Å². The number of unbranched alkanes of at least 4 members (excludes halogenated alkanes) is 5. The Balaban J connectivity index is 2.09. The zero-order valence-electron chi connectivity index (χ0n) is 13.6. The van der Waals surface area contributed by atoms with Crippen molar-refractivity contribution in [2.75, 3.05) is 0 Å². The van der Waals surface area contributed by atoms with Crippen LogP contribution in [0.5, 0.6) is 0 Å². The topological polar surface area (TPSA) is 17.1 Å². The van der Waals surface area contributed by atoms with E-state index < -0.39 is 13.5 Å². The summed E-state index contributed by atoms with van der Waals surface area (Å²) in [6, 6.07) is 20.2. The van der Waals surface area contributed by atoms with Crippen LogP contribution in [0.3, 0.4) is 0 Å². The van der Waals surface area contributed by atoms with Gasteiger partial charge in [-0.2, -0.15) is 0 Å². The first-order valence-corrected chi connectivity index (χ1v) is 12.4. The SMILES string of the molecule is CCCCCCCC[As](=O)(c1ccccc1)c1ccccc1. The molecule has 0 aliphatic heterocycles. The molecule has 0 amide bonds. The molecule has 0 N–H and O–H groups in total. The maximum absolute atomic E-state index is 13.8. The van der Waals surface area contributed by atoms with Gasteiger partial charge < -0.3 is 0 Å². The monoisotopic (exact) mass is 358 g/mol. The average molecular weight is 358 g/mol. The second-order valence-corrected chi connectivity index (χ2v) is 12.1. The van der Waals surface area contributed by atoms with Crippen LogP contribution in [0.4, 0.5) is 0 Å². The van der Waals surface area contributed by atoms with Crippen LogP contribution >= 0.6 is 0 Å². The first-order valence-electron chi connectivity index (χ1n) is 8.47. The number of benzene rings is 2. The van der Waals surface area contributed by atoms with Gasteiger partial charge >= 0.3 is 137 Å². The summed E-state index contributed by atoms with van der Waals surface area (Å²) in [5.74, 6) is 0. The van der Waals surface area contributed by atoms with Crippen molar-refractivity contribution >= 4 is 22.2 Å². The maximum atomic E-state index is 13.8. The Morgan fingerprint density at radius 3 is 1.64 bits per heavy atom. The van der Waals surface area contributed by atoms with Gasteiger partial charge in [0.1, 0.15) is 0 Å². The van der Waals surface area contributed by atoms with Gasteiger partial charge in [0.05, 0.1) is 0 Å². The average Bonchev–Trinajstić information content (AvgIpc) is 2.59. The van der Waals surface area contributed by atoms with E-state index in [2.05, 4.69) is 6.92 Å². The molecule has 22 heavy (non-hydrogen) atoms. The molecule has 0 radical (unpaired) electrons. The van der Waals surface area contributed by atoms with Crippen LogP contribution in [-0.2, 0) is 3.74 Å². The molecular weight excluding hydrogens is 331 g/mol. The molecule has 0 spiro atoms. The van der Waals surface area contributed by atoms with Crippen molar-refractivity contribution < 1.29 is 3.74 Å². The predicted molar refractivity (Wildman–Crippen MR) is 96.8 cm³/mol. The zero-order valence-corrected chi connectivity index (χ0v) is 15.5. The first kappa shape index (κ1) is 17.2. The van der Waals surface area contributed by atoms with Gasteiger partial charge in [-0.1, -0.05) is 0 Å². The van der Waals surface area contributed by atoms with Gasteiger partial charge in [-0.25, -0.2) is 0 Å². The van der Waals surface area contributed by atoms with Gasteiger partial charge in [-0.3, -0.25) is 0 Å². The van der Waals surface area contributed by atoms with E-state index in [1.165, 1.54) is 32.1 Å². The molecule has 0 bridgehead atoms. The normalized spacial score (nSPS) is 11.5. The summed E-state index contributed by atoms with van der Waals surface area (Å²) in [4.78, 5) is 0. The molecule has 0 aliphatic rings. The summed E-state index contributed by atoms with van der Waals surface area (Å²) < 4.78 is 15.9. The van der Waals surface area contributed by atoms with Crippen molar-refractivity contribution in [3.63, 3.8) is 0 Å². The Morgan fingerprint density at radius 2 is 1.14 bits per heavy atom. The molecule has 0 aliphatic carbocycles. The fourth-order valence-electron chi connectivity index (χ4n) is 2.86. The molecule has 0 unspecified atom stereocenters. The molecule has 2 heteroatoms. The van der Waals surface area contributed by atoms with Crippen molar-refractivity contribution in [2.24, 2.45) is 0 Å². The van der Waals surface area contributed by atoms with Gasteiger partial charge in [0.15, 0.2) is 0 Å². The van der Waals surface area contributed by atoms with E-state index in [0.717, 1.165) is 20.3 Å². The fourth-order valence-corrected chi connectivity index (χ4v) is 8.72. The predicted octanol–water partition coefficient (Wildman–Crippen LogP) is 4.54. The van der Waals surface area contributed by atoms with Crippen LogP contribution in [0, 0.1) is 0 Å². The minimum absolute atomic E-state index is 0.846. The molecule has 118 valence electrons. The van der Waals surface area contributed by atoms with Gasteiger partial charge in [-0.15, -0.1) is 0 Å². The molecule has 0 saturated carbocycles. The number of hydrogen-bond acceptors (Lipinski definition) is 1. The van der Waals surface area contributed by atoms with Crippen LogP contribution in [0.1, 0.15) is 45.4 Å². The van der Waals surface area contributed by atoms with E-state index in [4.69, 9.17) is 0 Å². The molecule has 0 fully saturated rings. The molecule has 0 saturated heterocycles. The Bertz CT molecular complexity index is 534. The van der Waals surface area contributed by atoms with Crippen LogP contribution in [0.25, 0.3) is 0 Å². The molecule has 0 atom stereocenters. The van der Waals surface area contributed by atoms with Crippen LogP contribution in [0.2, 0.25) is 5.21 Å². The summed E-state index contributed by atoms with van der Waals surface area (Å²) in [5, 5.41) is 0.846. The van der Waals surface area contributed by atoms with E-state index in [1.807, 2.05) is 60.7 Å². The Labute approximate surface area is 137 Å². The van der Waals surface area contributed by atoms with Crippen LogP contribution < -0.4 is 8.70 Å². The summed E-state index contributed by atoms with van der Waals surface area (Å²) in [6.45, 7) is 2.24. The standard InChI is InChI=1S/C20H27AsO/c1-2-3-4-5-6-13-18-21(22,19-14-9-7-10-15-19)20-16-11-8-12-17-20/h7-12,14-17H,2-6,13,18H2,1H3. The van der Waals surface area contributed by atoms with Crippen molar-refractivity contribution in [1.29, 1.82) is 0 Å². The Hall–Kier alpha value is -1.20. The third-order valence-electron chi connectivity index (χ3n) is 4.17. The van der Waals surface area contributed by atoms with Crippen molar-refractivity contribution in [2.45, 2.75) is 50.7 Å². The van der Waals surface area contributed by atoms with Gasteiger partial charge in [0.25, 0.3) is 0 Å². The van der Waals surface area contributed by atoms with Gasteiger partial charge in [0, 0.05) is 0 Å². The third-order valence-corrected chi connectivity index (χ3v) is 10.9. The van der Waals surface area contributed by atoms with E-state index >= 15 is 0 Å². The summed E-state index contributed by atoms with van der Waals surface area (Å²) in [5.41, 5.74) is 0. The number of rotatable bonds is 9. The van der Waals surface area contributed by atoms with E-state index in [-0.39, 0.29) is 0 Å². The zero-order chi connectivity index (χ0) is 15.7. The summed E-state index contributed by atoms with van der Waals surface area (Å²) in [7, 11) is 0. The fraction of sp³-hybridized carbons (Fsp3) is 0.400.